The highest BCUT2D eigenvalue weighted by Crippen LogP contribution is 2.24. The zero-order valence-electron chi connectivity index (χ0n) is 14.0. The van der Waals surface area contributed by atoms with Gasteiger partial charge in [-0.3, -0.25) is 4.79 Å². The van der Waals surface area contributed by atoms with Gasteiger partial charge in [-0.15, -0.1) is 4.36 Å². The molecule has 0 saturated carbocycles. The van der Waals surface area contributed by atoms with Crippen molar-refractivity contribution in [2.75, 3.05) is 0 Å². The van der Waals surface area contributed by atoms with Crippen molar-refractivity contribution in [1.82, 2.24) is 14.7 Å². The summed E-state index contributed by atoms with van der Waals surface area (Å²) < 4.78 is 39.9. The van der Waals surface area contributed by atoms with Gasteiger partial charge in [0.1, 0.15) is 5.65 Å². The molecule has 0 radical (unpaired) electrons. The van der Waals surface area contributed by atoms with E-state index in [0.717, 1.165) is 0 Å². The number of carbonyl (C=O) groups is 1. The molecule has 0 saturated heterocycles. The molecule has 2 aromatic heterocycles. The summed E-state index contributed by atoms with van der Waals surface area (Å²) >= 11 is 0. The summed E-state index contributed by atoms with van der Waals surface area (Å²) in [6.07, 6.45) is 3.41. The second-order valence-electron chi connectivity index (χ2n) is 5.97. The Morgan fingerprint density at radius 1 is 1.15 bits per heavy atom. The Balaban J connectivity index is 1.92. The van der Waals surface area contributed by atoms with E-state index in [1.807, 2.05) is 13.8 Å². The second-order valence-corrected chi connectivity index (χ2v) is 6.95. The lowest BCUT2D eigenvalue weighted by Gasteiger charge is -2.08. The number of fused-ring (bicyclic) bond motifs is 1. The second kappa shape index (κ2) is 6.83. The number of amides is 1. The third-order valence-corrected chi connectivity index (χ3v) is 3.93. The van der Waals surface area contributed by atoms with Gasteiger partial charge in [-0.1, -0.05) is 19.9 Å². The number of nitrogens with one attached hydrogen (secondary N) is 1. The van der Waals surface area contributed by atoms with Gasteiger partial charge in [-0.25, -0.2) is 4.98 Å². The summed E-state index contributed by atoms with van der Waals surface area (Å²) in [5.74, 6) is -0.177. The SMILES string of the molecule is CC(C)NC(=O)c1ccc2nc(-c3ccc(N=S(=O)(F)F)cc3)cn2c1. The molecule has 0 aliphatic rings. The van der Waals surface area contributed by atoms with Crippen LogP contribution >= 0.6 is 0 Å². The van der Waals surface area contributed by atoms with E-state index >= 15 is 0 Å². The topological polar surface area (TPSA) is 75.8 Å². The summed E-state index contributed by atoms with van der Waals surface area (Å²) in [6.45, 7) is 3.76. The van der Waals surface area contributed by atoms with E-state index in [2.05, 4.69) is 14.7 Å². The molecule has 0 bridgehead atoms. The van der Waals surface area contributed by atoms with Gasteiger partial charge in [0.2, 0.25) is 0 Å². The summed E-state index contributed by atoms with van der Waals surface area (Å²) in [6, 6.07) is 9.27. The van der Waals surface area contributed by atoms with Crippen LogP contribution in [0.4, 0.5) is 13.5 Å². The number of benzene rings is 1. The highest BCUT2D eigenvalue weighted by atomic mass is 32.3. The number of pyridine rings is 1. The van der Waals surface area contributed by atoms with Crippen molar-refractivity contribution in [3.8, 4) is 11.3 Å². The first-order chi connectivity index (χ1) is 12.2. The molecule has 0 aliphatic heterocycles. The number of rotatable bonds is 4. The molecule has 1 aromatic carbocycles. The molecule has 0 atom stereocenters. The fraction of sp³-hybridized carbons (Fsp3) is 0.176. The minimum atomic E-state index is -5.18. The molecule has 136 valence electrons. The van der Waals surface area contributed by atoms with Gasteiger partial charge in [0.25, 0.3) is 5.91 Å². The Morgan fingerprint density at radius 3 is 2.46 bits per heavy atom. The van der Waals surface area contributed by atoms with Gasteiger partial charge in [0.15, 0.2) is 0 Å². The van der Waals surface area contributed by atoms with Crippen LogP contribution < -0.4 is 5.32 Å². The highest BCUT2D eigenvalue weighted by molar-refractivity contribution is 7.83. The van der Waals surface area contributed by atoms with Crippen LogP contribution in [-0.4, -0.2) is 25.5 Å². The molecule has 0 aliphatic carbocycles. The smallest absolute Gasteiger partial charge is 0.350 e. The van der Waals surface area contributed by atoms with Crippen molar-refractivity contribution in [2.24, 2.45) is 4.36 Å². The van der Waals surface area contributed by atoms with Crippen LogP contribution in [-0.2, 0) is 10.5 Å². The van der Waals surface area contributed by atoms with Gasteiger partial charge in [0.05, 0.1) is 16.9 Å². The summed E-state index contributed by atoms with van der Waals surface area (Å²) in [7, 11) is -5.18. The van der Waals surface area contributed by atoms with Crippen LogP contribution in [0.15, 0.2) is 53.2 Å². The van der Waals surface area contributed by atoms with E-state index in [1.165, 1.54) is 12.1 Å². The van der Waals surface area contributed by atoms with Crippen molar-refractivity contribution in [3.05, 3.63) is 54.4 Å². The van der Waals surface area contributed by atoms with Gasteiger partial charge in [-0.2, -0.15) is 4.21 Å². The van der Waals surface area contributed by atoms with Crippen LogP contribution in [0.5, 0.6) is 0 Å². The zero-order valence-corrected chi connectivity index (χ0v) is 14.8. The fourth-order valence-corrected chi connectivity index (χ4v) is 2.79. The maximum atomic E-state index is 12.5. The van der Waals surface area contributed by atoms with Gasteiger partial charge < -0.3 is 9.72 Å². The molecular formula is C17H16F2N4O2S. The average Bonchev–Trinajstić information content (AvgIpc) is 2.96. The standard InChI is InChI=1S/C17H16F2N4O2S/c1-11(2)20-17(24)13-5-8-16-21-15(10-23(16)9-13)12-3-6-14(7-4-12)22-26(18,19)25/h3-11H,1-2H3,(H,20,24). The number of carbonyl (C=O) groups excluding carboxylic acids is 1. The molecule has 0 fully saturated rings. The van der Waals surface area contributed by atoms with E-state index in [9.17, 15) is 16.8 Å². The van der Waals surface area contributed by atoms with Gasteiger partial charge >= 0.3 is 10.5 Å². The fourth-order valence-electron chi connectivity index (χ4n) is 2.43. The largest absolute Gasteiger partial charge is 0.371 e. The zero-order chi connectivity index (χ0) is 18.9. The molecule has 0 unspecified atom stereocenters. The molecule has 2 heterocycles. The van der Waals surface area contributed by atoms with Crippen molar-refractivity contribution >= 4 is 27.7 Å². The van der Waals surface area contributed by atoms with E-state index in [1.54, 1.807) is 41.1 Å². The van der Waals surface area contributed by atoms with Gasteiger partial charge in [0, 0.05) is 24.0 Å². The van der Waals surface area contributed by atoms with Crippen LogP contribution in [0.1, 0.15) is 24.2 Å². The molecule has 6 nitrogen and oxygen atoms in total. The van der Waals surface area contributed by atoms with E-state index < -0.39 is 10.5 Å². The van der Waals surface area contributed by atoms with Crippen molar-refractivity contribution in [2.45, 2.75) is 19.9 Å². The molecule has 3 aromatic rings. The minimum absolute atomic E-state index is 0.0313. The number of hydrogen-bond acceptors (Lipinski definition) is 4. The monoisotopic (exact) mass is 378 g/mol. The van der Waals surface area contributed by atoms with E-state index in [-0.39, 0.29) is 17.6 Å². The molecule has 26 heavy (non-hydrogen) atoms. The summed E-state index contributed by atoms with van der Waals surface area (Å²) in [4.78, 5) is 16.5. The number of hydrogen-bond donors (Lipinski definition) is 1. The highest BCUT2D eigenvalue weighted by Gasteiger charge is 2.10. The maximum absolute atomic E-state index is 12.5. The van der Waals surface area contributed by atoms with Crippen LogP contribution in [0.2, 0.25) is 0 Å². The van der Waals surface area contributed by atoms with Crippen LogP contribution in [0.3, 0.4) is 0 Å². The predicted octanol–water partition coefficient (Wildman–Crippen LogP) is 4.01. The maximum Gasteiger partial charge on any atom is 0.371 e. The molecule has 1 N–H and O–H groups in total. The van der Waals surface area contributed by atoms with E-state index in [4.69, 9.17) is 0 Å². The number of aromatic nitrogens is 2. The summed E-state index contributed by atoms with van der Waals surface area (Å²) in [5.41, 5.74) is 2.37. The van der Waals surface area contributed by atoms with Crippen LogP contribution in [0, 0.1) is 0 Å². The first-order valence-corrected chi connectivity index (χ1v) is 9.09. The molecule has 9 heteroatoms. The Bertz CT molecular complexity index is 1080. The Labute approximate surface area is 149 Å². The lowest BCUT2D eigenvalue weighted by molar-refractivity contribution is 0.0942. The summed E-state index contributed by atoms with van der Waals surface area (Å²) in [5, 5.41) is 2.82. The van der Waals surface area contributed by atoms with E-state index in [0.29, 0.717) is 22.5 Å². The number of nitrogens with zero attached hydrogens (tertiary/aromatic N) is 3. The average molecular weight is 378 g/mol. The Hall–Kier alpha value is -2.81. The normalized spacial score (nSPS) is 11.7. The van der Waals surface area contributed by atoms with Crippen molar-refractivity contribution in [1.29, 1.82) is 0 Å². The first-order valence-electron chi connectivity index (χ1n) is 7.78. The third kappa shape index (κ3) is 4.23. The lowest BCUT2D eigenvalue weighted by atomic mass is 10.1. The van der Waals surface area contributed by atoms with Crippen molar-refractivity contribution < 1.29 is 16.8 Å². The number of imidazole rings is 1. The van der Waals surface area contributed by atoms with Crippen LogP contribution in [0.25, 0.3) is 16.9 Å². The van der Waals surface area contributed by atoms with Gasteiger partial charge in [-0.05, 0) is 38.1 Å². The minimum Gasteiger partial charge on any atom is -0.350 e. The molecule has 3 rings (SSSR count). The molecule has 1 amide bonds. The third-order valence-electron chi connectivity index (χ3n) is 3.51. The predicted molar refractivity (Wildman–Crippen MR) is 95.7 cm³/mol. The first kappa shape index (κ1) is 18.0. The Kier molecular flexibility index (Phi) is 4.73. The molecule has 0 spiro atoms. The lowest BCUT2D eigenvalue weighted by Crippen LogP contribution is -2.30. The Morgan fingerprint density at radius 2 is 1.85 bits per heavy atom. The van der Waals surface area contributed by atoms with Crippen molar-refractivity contribution in [3.63, 3.8) is 0 Å². The number of halogens is 2. The quantitative estimate of drug-likeness (QED) is 0.697. The molecular weight excluding hydrogens is 362 g/mol.